The van der Waals surface area contributed by atoms with E-state index in [4.69, 9.17) is 9.52 Å². The number of carbonyl (C=O) groups is 2. The lowest BCUT2D eigenvalue weighted by Gasteiger charge is -2.19. The molecule has 5 nitrogen and oxygen atoms in total. The fraction of sp³-hybridized carbons (Fsp3) is 0.400. The second-order valence-corrected chi connectivity index (χ2v) is 4.70. The highest BCUT2D eigenvalue weighted by Gasteiger charge is 2.28. The Labute approximate surface area is 101 Å². The van der Waals surface area contributed by atoms with E-state index in [1.807, 2.05) is 0 Å². The second kappa shape index (κ2) is 4.69. The summed E-state index contributed by atoms with van der Waals surface area (Å²) in [5, 5.41) is 11.4. The van der Waals surface area contributed by atoms with E-state index < -0.39 is 11.4 Å². The predicted molar refractivity (Wildman–Crippen MR) is 60.2 cm³/mol. The number of furan rings is 1. The van der Waals surface area contributed by atoms with Gasteiger partial charge in [0, 0.05) is 6.54 Å². The van der Waals surface area contributed by atoms with Gasteiger partial charge in [0.2, 0.25) is 0 Å². The van der Waals surface area contributed by atoms with Crippen molar-refractivity contribution in [2.45, 2.75) is 13.8 Å². The van der Waals surface area contributed by atoms with Crippen molar-refractivity contribution >= 4 is 27.8 Å². The maximum Gasteiger partial charge on any atom is 0.310 e. The minimum absolute atomic E-state index is 0.0544. The monoisotopic (exact) mass is 289 g/mol. The first-order chi connectivity index (χ1) is 7.34. The third-order valence-electron chi connectivity index (χ3n) is 2.13. The third kappa shape index (κ3) is 2.85. The number of carboxylic acids is 1. The number of amides is 1. The van der Waals surface area contributed by atoms with Crippen molar-refractivity contribution < 1.29 is 19.1 Å². The largest absolute Gasteiger partial charge is 0.481 e. The van der Waals surface area contributed by atoms with E-state index in [0.717, 1.165) is 0 Å². The molecule has 88 valence electrons. The Hall–Kier alpha value is -1.30. The Balaban J connectivity index is 2.61. The van der Waals surface area contributed by atoms with Crippen LogP contribution in [0.2, 0.25) is 0 Å². The Morgan fingerprint density at radius 2 is 2.19 bits per heavy atom. The number of nitrogens with one attached hydrogen (secondary N) is 1. The molecule has 0 aliphatic rings. The van der Waals surface area contributed by atoms with E-state index in [9.17, 15) is 9.59 Å². The SMILES string of the molecule is CC(C)(CNC(=O)c1ccoc1Br)C(=O)O. The molecule has 0 aliphatic carbocycles. The lowest BCUT2D eigenvalue weighted by molar-refractivity contribution is -0.146. The fourth-order valence-corrected chi connectivity index (χ4v) is 1.35. The number of aliphatic carboxylic acids is 1. The fourth-order valence-electron chi connectivity index (χ4n) is 0.928. The lowest BCUT2D eigenvalue weighted by Crippen LogP contribution is -2.38. The van der Waals surface area contributed by atoms with Gasteiger partial charge in [-0.2, -0.15) is 0 Å². The normalized spacial score (nSPS) is 11.2. The third-order valence-corrected chi connectivity index (χ3v) is 2.75. The first-order valence-electron chi connectivity index (χ1n) is 4.59. The van der Waals surface area contributed by atoms with Gasteiger partial charge in [-0.05, 0) is 35.8 Å². The maximum absolute atomic E-state index is 11.6. The minimum atomic E-state index is -0.994. The van der Waals surface area contributed by atoms with Crippen LogP contribution in [0.25, 0.3) is 0 Å². The van der Waals surface area contributed by atoms with Crippen molar-refractivity contribution in [3.8, 4) is 0 Å². The van der Waals surface area contributed by atoms with E-state index in [1.165, 1.54) is 12.3 Å². The minimum Gasteiger partial charge on any atom is -0.481 e. The summed E-state index contributed by atoms with van der Waals surface area (Å²) in [6.45, 7) is 3.14. The Morgan fingerprint density at radius 1 is 1.56 bits per heavy atom. The van der Waals surface area contributed by atoms with E-state index in [-0.39, 0.29) is 12.5 Å². The highest BCUT2D eigenvalue weighted by Crippen LogP contribution is 2.18. The van der Waals surface area contributed by atoms with Crippen molar-refractivity contribution in [1.82, 2.24) is 5.32 Å². The van der Waals surface area contributed by atoms with Gasteiger partial charge in [0.25, 0.3) is 5.91 Å². The van der Waals surface area contributed by atoms with Crippen LogP contribution in [0.3, 0.4) is 0 Å². The molecule has 6 heteroatoms. The van der Waals surface area contributed by atoms with Crippen LogP contribution in [0.1, 0.15) is 24.2 Å². The highest BCUT2D eigenvalue weighted by molar-refractivity contribution is 9.10. The summed E-state index contributed by atoms with van der Waals surface area (Å²) in [5.74, 6) is -1.32. The number of rotatable bonds is 4. The van der Waals surface area contributed by atoms with Gasteiger partial charge in [-0.15, -0.1) is 0 Å². The van der Waals surface area contributed by atoms with Gasteiger partial charge < -0.3 is 14.8 Å². The predicted octanol–water partition coefficient (Wildman–Crippen LogP) is 1.88. The zero-order valence-electron chi connectivity index (χ0n) is 8.91. The van der Waals surface area contributed by atoms with Crippen LogP contribution in [0, 0.1) is 5.41 Å². The molecule has 0 saturated heterocycles. The van der Waals surface area contributed by atoms with Crippen LogP contribution < -0.4 is 5.32 Å². The molecular formula is C10H12BrNO4. The lowest BCUT2D eigenvalue weighted by atomic mass is 9.94. The molecule has 0 aromatic carbocycles. The molecule has 0 radical (unpaired) electrons. The zero-order chi connectivity index (χ0) is 12.3. The smallest absolute Gasteiger partial charge is 0.310 e. The Kier molecular flexibility index (Phi) is 3.74. The van der Waals surface area contributed by atoms with Gasteiger partial charge in [-0.1, -0.05) is 0 Å². The number of hydrogen-bond donors (Lipinski definition) is 2. The van der Waals surface area contributed by atoms with Crippen LogP contribution >= 0.6 is 15.9 Å². The maximum atomic E-state index is 11.6. The average Bonchev–Trinajstić information content (AvgIpc) is 2.61. The van der Waals surface area contributed by atoms with Gasteiger partial charge in [0.05, 0.1) is 17.2 Å². The standard InChI is InChI=1S/C10H12BrNO4/c1-10(2,9(14)15)5-12-8(13)6-3-4-16-7(6)11/h3-4H,5H2,1-2H3,(H,12,13)(H,14,15). The highest BCUT2D eigenvalue weighted by atomic mass is 79.9. The van der Waals surface area contributed by atoms with Crippen molar-refractivity contribution in [2.24, 2.45) is 5.41 Å². The first-order valence-corrected chi connectivity index (χ1v) is 5.38. The van der Waals surface area contributed by atoms with Crippen molar-refractivity contribution in [3.05, 3.63) is 22.6 Å². The average molecular weight is 290 g/mol. The summed E-state index contributed by atoms with van der Waals surface area (Å²) < 4.78 is 5.24. The van der Waals surface area contributed by atoms with Crippen molar-refractivity contribution in [1.29, 1.82) is 0 Å². The summed E-state index contributed by atoms with van der Waals surface area (Å²) >= 11 is 3.07. The number of carbonyl (C=O) groups excluding carboxylic acids is 1. The zero-order valence-corrected chi connectivity index (χ0v) is 10.5. The molecule has 0 atom stereocenters. The van der Waals surface area contributed by atoms with Crippen LogP contribution in [-0.4, -0.2) is 23.5 Å². The summed E-state index contributed by atoms with van der Waals surface area (Å²) in [7, 11) is 0. The van der Waals surface area contributed by atoms with E-state index in [0.29, 0.717) is 10.2 Å². The summed E-state index contributed by atoms with van der Waals surface area (Å²) in [5.41, 5.74) is -0.646. The van der Waals surface area contributed by atoms with Gasteiger partial charge in [0.15, 0.2) is 4.67 Å². The topological polar surface area (TPSA) is 79.5 Å². The molecule has 0 unspecified atom stereocenters. The molecule has 16 heavy (non-hydrogen) atoms. The van der Waals surface area contributed by atoms with Crippen LogP contribution in [0.5, 0.6) is 0 Å². The molecular weight excluding hydrogens is 278 g/mol. The van der Waals surface area contributed by atoms with Gasteiger partial charge >= 0.3 is 5.97 Å². The van der Waals surface area contributed by atoms with E-state index in [1.54, 1.807) is 13.8 Å². The first kappa shape index (κ1) is 12.8. The van der Waals surface area contributed by atoms with Crippen molar-refractivity contribution in [3.63, 3.8) is 0 Å². The van der Waals surface area contributed by atoms with E-state index >= 15 is 0 Å². The summed E-state index contributed by atoms with van der Waals surface area (Å²) in [6, 6.07) is 1.51. The molecule has 0 fully saturated rings. The molecule has 1 rings (SSSR count). The molecule has 1 aromatic rings. The van der Waals surface area contributed by atoms with Gasteiger partial charge in [0.1, 0.15) is 0 Å². The number of carboxylic acid groups (broad SMARTS) is 1. The summed E-state index contributed by atoms with van der Waals surface area (Å²) in [6.07, 6.45) is 1.38. The second-order valence-electron chi connectivity index (χ2n) is 3.98. The van der Waals surface area contributed by atoms with Crippen molar-refractivity contribution in [2.75, 3.05) is 6.54 Å². The molecule has 1 heterocycles. The van der Waals surface area contributed by atoms with Crippen LogP contribution in [0.4, 0.5) is 0 Å². The molecule has 0 spiro atoms. The van der Waals surface area contributed by atoms with Crippen LogP contribution in [0.15, 0.2) is 21.4 Å². The Bertz CT molecular complexity index is 411. The quantitative estimate of drug-likeness (QED) is 0.887. The van der Waals surface area contributed by atoms with Gasteiger partial charge in [-0.3, -0.25) is 9.59 Å². The van der Waals surface area contributed by atoms with Gasteiger partial charge in [-0.25, -0.2) is 0 Å². The number of hydrogen-bond acceptors (Lipinski definition) is 3. The molecule has 0 bridgehead atoms. The molecule has 0 aliphatic heterocycles. The Morgan fingerprint density at radius 3 is 2.62 bits per heavy atom. The van der Waals surface area contributed by atoms with E-state index in [2.05, 4.69) is 21.2 Å². The number of halogens is 1. The summed E-state index contributed by atoms with van der Waals surface area (Å²) in [4.78, 5) is 22.4. The molecule has 2 N–H and O–H groups in total. The van der Waals surface area contributed by atoms with Crippen LogP contribution in [-0.2, 0) is 4.79 Å². The molecule has 0 saturated carbocycles. The molecule has 1 amide bonds. The molecule has 1 aromatic heterocycles.